The minimum Gasteiger partial charge on any atom is -0.377 e. The van der Waals surface area contributed by atoms with E-state index in [4.69, 9.17) is 26.6 Å². The monoisotopic (exact) mass is 622 g/mol. The summed E-state index contributed by atoms with van der Waals surface area (Å²) in [6, 6.07) is 2.40. The van der Waals surface area contributed by atoms with E-state index in [0.29, 0.717) is 0 Å². The van der Waals surface area contributed by atoms with Crippen LogP contribution in [0.5, 0.6) is 0 Å². The highest BCUT2D eigenvalue weighted by molar-refractivity contribution is 9.09. The van der Waals surface area contributed by atoms with Crippen LogP contribution in [0.1, 0.15) is 80.1 Å². The maximum atomic E-state index is 6.27. The molecule has 0 unspecified atom stereocenters. The standard InChI is InChI=1S/C22H54O6S3Si4/c1-7-13-23-34(24-14-8-2,25-15-9-3)32-21-19-29-31-30-20-22-33-35(26-16-10-4,27-17-11-5)28-18-12-6/h7-22,32-33H2,1-6H3. The van der Waals surface area contributed by atoms with Gasteiger partial charge in [0.2, 0.25) is 0 Å². The molecule has 0 aliphatic rings. The third-order valence-corrected chi connectivity index (χ3v) is 26.1. The molecule has 0 aromatic carbocycles. The molecule has 0 radical (unpaired) electrons. The van der Waals surface area contributed by atoms with E-state index in [1.165, 1.54) is 12.1 Å². The largest absolute Gasteiger partial charge is 0.462 e. The maximum Gasteiger partial charge on any atom is 0.462 e. The first-order valence-corrected chi connectivity index (χ1v) is 27.7. The molecule has 0 spiro atoms. The first-order valence-electron chi connectivity index (χ1n) is 13.8. The van der Waals surface area contributed by atoms with E-state index in [-0.39, 0.29) is 0 Å². The predicted octanol–water partition coefficient (Wildman–Crippen LogP) is 5.62. The van der Waals surface area contributed by atoms with Crippen molar-refractivity contribution in [2.24, 2.45) is 0 Å². The lowest BCUT2D eigenvalue weighted by Gasteiger charge is -2.30. The Balaban J connectivity index is 4.39. The van der Waals surface area contributed by atoms with E-state index in [1.54, 1.807) is 0 Å². The predicted molar refractivity (Wildman–Crippen MR) is 168 cm³/mol. The molecule has 13 heteroatoms. The summed E-state index contributed by atoms with van der Waals surface area (Å²) in [6.07, 6.45) is 6.08. The second kappa shape index (κ2) is 25.9. The highest BCUT2D eigenvalue weighted by Crippen LogP contribution is 2.35. The molecule has 0 saturated heterocycles. The van der Waals surface area contributed by atoms with Gasteiger partial charge in [-0.25, -0.2) is 0 Å². The molecule has 0 aromatic heterocycles. The summed E-state index contributed by atoms with van der Waals surface area (Å²) < 4.78 is 37.6. The van der Waals surface area contributed by atoms with E-state index in [2.05, 4.69) is 41.5 Å². The average molecular weight is 623 g/mol. The molecule has 0 aliphatic carbocycles. The summed E-state index contributed by atoms with van der Waals surface area (Å²) in [5, 5.41) is 0. The molecule has 0 bridgehead atoms. The van der Waals surface area contributed by atoms with Gasteiger partial charge in [-0.1, -0.05) is 63.1 Å². The summed E-state index contributed by atoms with van der Waals surface area (Å²) in [4.78, 5) is 0. The van der Waals surface area contributed by atoms with E-state index in [9.17, 15) is 0 Å². The topological polar surface area (TPSA) is 55.4 Å². The Labute approximate surface area is 234 Å². The van der Waals surface area contributed by atoms with Crippen molar-refractivity contribution in [1.29, 1.82) is 0 Å². The maximum absolute atomic E-state index is 6.27. The zero-order valence-corrected chi connectivity index (χ0v) is 30.7. The second-order valence-corrected chi connectivity index (χ2v) is 27.9. The molecule has 6 nitrogen and oxygen atoms in total. The fourth-order valence-corrected chi connectivity index (χ4v) is 25.6. The van der Waals surface area contributed by atoms with Crippen molar-refractivity contribution in [3.05, 3.63) is 0 Å². The Morgan fingerprint density at radius 1 is 0.457 bits per heavy atom. The number of rotatable bonds is 28. The lowest BCUT2D eigenvalue weighted by atomic mass is 10.5. The molecule has 0 heterocycles. The van der Waals surface area contributed by atoms with Crippen molar-refractivity contribution in [3.8, 4) is 0 Å². The molecule has 0 saturated carbocycles. The van der Waals surface area contributed by atoms with E-state index < -0.39 is 34.7 Å². The van der Waals surface area contributed by atoms with Crippen LogP contribution in [-0.2, 0) is 26.6 Å². The lowest BCUT2D eigenvalue weighted by Crippen LogP contribution is -2.52. The smallest absolute Gasteiger partial charge is 0.377 e. The fourth-order valence-electron chi connectivity index (χ4n) is 3.03. The molecule has 0 rings (SSSR count). The van der Waals surface area contributed by atoms with E-state index >= 15 is 0 Å². The zero-order valence-electron chi connectivity index (χ0n) is 23.4. The SMILES string of the molecule is CCCO[Si](OCCC)(OCCC)[SiH2]CCSSSCC[SiH2][Si](OCCC)(OCCC)OCCC. The molecule has 0 atom stereocenters. The molecule has 0 N–H and O–H groups in total. The van der Waals surface area contributed by atoms with Gasteiger partial charge in [-0.2, -0.15) is 0 Å². The molecular weight excluding hydrogens is 569 g/mol. The summed E-state index contributed by atoms with van der Waals surface area (Å²) >= 11 is 0. The minimum absolute atomic E-state index is 0.539. The minimum atomic E-state index is -2.42. The van der Waals surface area contributed by atoms with Gasteiger partial charge in [-0.05, 0) is 60.4 Å². The van der Waals surface area contributed by atoms with Gasteiger partial charge < -0.3 is 26.6 Å². The van der Waals surface area contributed by atoms with Crippen LogP contribution in [0.2, 0.25) is 12.1 Å². The molecule has 0 aliphatic heterocycles. The van der Waals surface area contributed by atoms with E-state index in [0.717, 1.165) is 89.7 Å². The van der Waals surface area contributed by atoms with Crippen molar-refractivity contribution in [2.75, 3.05) is 51.1 Å². The highest BCUT2D eigenvalue weighted by atomic mass is 33.5. The molecule has 35 heavy (non-hydrogen) atoms. The van der Waals surface area contributed by atoms with Gasteiger partial charge in [0.25, 0.3) is 0 Å². The Bertz CT molecular complexity index is 380. The average Bonchev–Trinajstić information content (AvgIpc) is 2.88. The van der Waals surface area contributed by atoms with Crippen LogP contribution in [0.15, 0.2) is 0 Å². The summed E-state index contributed by atoms with van der Waals surface area (Å²) in [5.74, 6) is 2.29. The molecule has 0 aromatic rings. The number of hydrogen-bond acceptors (Lipinski definition) is 9. The fraction of sp³-hybridized carbons (Fsp3) is 1.00. The van der Waals surface area contributed by atoms with Crippen LogP contribution < -0.4 is 0 Å². The van der Waals surface area contributed by atoms with Crippen LogP contribution in [0, 0.1) is 0 Å². The second-order valence-electron chi connectivity index (χ2n) is 8.38. The zero-order chi connectivity index (χ0) is 26.1. The van der Waals surface area contributed by atoms with Crippen LogP contribution in [-0.4, -0.2) is 85.9 Å². The summed E-state index contributed by atoms with van der Waals surface area (Å²) in [6.45, 7) is 17.5. The molecule has 0 amide bonds. The summed E-state index contributed by atoms with van der Waals surface area (Å²) in [7, 11) is -0.0484. The van der Waals surface area contributed by atoms with Crippen molar-refractivity contribution < 1.29 is 26.6 Å². The van der Waals surface area contributed by atoms with Gasteiger partial charge in [0, 0.05) is 51.1 Å². The van der Waals surface area contributed by atoms with Crippen molar-refractivity contribution >= 4 is 66.1 Å². The van der Waals surface area contributed by atoms with Crippen LogP contribution >= 0.6 is 31.4 Å². The van der Waals surface area contributed by atoms with Gasteiger partial charge in [0.05, 0.1) is 0 Å². The normalized spacial score (nSPS) is 13.2. The van der Waals surface area contributed by atoms with Gasteiger partial charge in [0.15, 0.2) is 0 Å². The Kier molecular flexibility index (Phi) is 27.2. The third-order valence-electron chi connectivity index (χ3n) is 4.67. The van der Waals surface area contributed by atoms with Crippen LogP contribution in [0.25, 0.3) is 0 Å². The first-order chi connectivity index (χ1) is 17.1. The van der Waals surface area contributed by atoms with Gasteiger partial charge in [-0.3, -0.25) is 0 Å². The van der Waals surface area contributed by atoms with Crippen molar-refractivity contribution in [1.82, 2.24) is 0 Å². The Morgan fingerprint density at radius 2 is 0.714 bits per heavy atom. The van der Waals surface area contributed by atoms with E-state index in [1.807, 2.05) is 31.4 Å². The van der Waals surface area contributed by atoms with Gasteiger partial charge in [0.1, 0.15) is 18.1 Å². The van der Waals surface area contributed by atoms with Crippen molar-refractivity contribution in [3.63, 3.8) is 0 Å². The van der Waals surface area contributed by atoms with Gasteiger partial charge in [-0.15, -0.1) is 0 Å². The van der Waals surface area contributed by atoms with Gasteiger partial charge >= 0.3 is 16.6 Å². The first kappa shape index (κ1) is 36.7. The molecule has 212 valence electrons. The van der Waals surface area contributed by atoms with Crippen LogP contribution in [0.3, 0.4) is 0 Å². The summed E-state index contributed by atoms with van der Waals surface area (Å²) in [5.41, 5.74) is 0. The highest BCUT2D eigenvalue weighted by Gasteiger charge is 2.40. The lowest BCUT2D eigenvalue weighted by molar-refractivity contribution is 0.0793. The Morgan fingerprint density at radius 3 is 0.943 bits per heavy atom. The van der Waals surface area contributed by atoms with Crippen molar-refractivity contribution in [2.45, 2.75) is 92.2 Å². The molecule has 0 fully saturated rings. The molecular formula is C22H54O6S3Si4. The Hall–Kier alpha value is 1.68. The quantitative estimate of drug-likeness (QED) is 0.0629. The van der Waals surface area contributed by atoms with Crippen LogP contribution in [0.4, 0.5) is 0 Å². The third kappa shape index (κ3) is 19.4. The number of hydrogen-bond donors (Lipinski definition) is 0.